The van der Waals surface area contributed by atoms with E-state index in [0.717, 1.165) is 23.4 Å². The second kappa shape index (κ2) is 5.92. The van der Waals surface area contributed by atoms with E-state index in [4.69, 9.17) is 0 Å². The first-order valence-corrected chi connectivity index (χ1v) is 7.87. The van der Waals surface area contributed by atoms with Gasteiger partial charge in [-0.15, -0.1) is 0 Å². The molecule has 0 aliphatic heterocycles. The maximum Gasteiger partial charge on any atom is 0.228 e. The number of carbonyl (C=O) groups is 1. The van der Waals surface area contributed by atoms with E-state index in [1.807, 2.05) is 36.5 Å². The van der Waals surface area contributed by atoms with Gasteiger partial charge in [0.15, 0.2) is 0 Å². The summed E-state index contributed by atoms with van der Waals surface area (Å²) in [6, 6.07) is 15.8. The Morgan fingerprint density at radius 3 is 2.54 bits per heavy atom. The van der Waals surface area contributed by atoms with E-state index in [-0.39, 0.29) is 23.6 Å². The molecule has 2 atom stereocenters. The second-order valence-electron chi connectivity index (χ2n) is 5.99. The lowest BCUT2D eigenvalue weighted by atomic mass is 10.1. The average Bonchev–Trinajstić information content (AvgIpc) is 3.21. The predicted octanol–water partition coefficient (Wildman–Crippen LogP) is 3.75. The van der Waals surface area contributed by atoms with E-state index in [9.17, 15) is 9.18 Å². The summed E-state index contributed by atoms with van der Waals surface area (Å²) in [6.07, 6.45) is 4.40. The van der Waals surface area contributed by atoms with Crippen LogP contribution in [-0.2, 0) is 4.79 Å². The Morgan fingerprint density at radius 1 is 1.12 bits per heavy atom. The predicted molar refractivity (Wildman–Crippen MR) is 89.4 cm³/mol. The number of benzene rings is 2. The largest absolute Gasteiger partial charge is 0.326 e. The van der Waals surface area contributed by atoms with E-state index < -0.39 is 0 Å². The summed E-state index contributed by atoms with van der Waals surface area (Å²) in [5, 5.41) is 7.11. The first kappa shape index (κ1) is 14.6. The SMILES string of the molecule is O=C(Nc1ccc(-n2cccn2)cc1)C1CC1c1ccc(F)cc1. The smallest absolute Gasteiger partial charge is 0.228 e. The molecule has 0 radical (unpaired) electrons. The standard InChI is InChI=1S/C19H16FN3O/c20-14-4-2-13(3-5-14)17-12-18(17)19(24)22-15-6-8-16(9-7-15)23-11-1-10-21-23/h1-11,17-18H,12H2,(H,22,24). The number of nitrogens with zero attached hydrogens (tertiary/aromatic N) is 2. The maximum atomic E-state index is 13.0. The van der Waals surface area contributed by atoms with Gasteiger partial charge < -0.3 is 5.32 Å². The van der Waals surface area contributed by atoms with Crippen molar-refractivity contribution in [2.45, 2.75) is 12.3 Å². The summed E-state index contributed by atoms with van der Waals surface area (Å²) in [7, 11) is 0. The van der Waals surface area contributed by atoms with Crippen molar-refractivity contribution in [1.29, 1.82) is 0 Å². The number of hydrogen-bond donors (Lipinski definition) is 1. The van der Waals surface area contributed by atoms with Crippen molar-refractivity contribution in [2.24, 2.45) is 5.92 Å². The van der Waals surface area contributed by atoms with Crippen LogP contribution < -0.4 is 5.32 Å². The van der Waals surface area contributed by atoms with Gasteiger partial charge in [0.05, 0.1) is 5.69 Å². The molecule has 1 amide bonds. The van der Waals surface area contributed by atoms with Gasteiger partial charge in [0, 0.05) is 24.0 Å². The molecular weight excluding hydrogens is 305 g/mol. The Bertz CT molecular complexity index is 841. The van der Waals surface area contributed by atoms with Gasteiger partial charge in [0.2, 0.25) is 5.91 Å². The molecule has 1 aliphatic rings. The van der Waals surface area contributed by atoms with Crippen LogP contribution in [0.25, 0.3) is 5.69 Å². The van der Waals surface area contributed by atoms with Gasteiger partial charge in [-0.25, -0.2) is 9.07 Å². The van der Waals surface area contributed by atoms with Crippen LogP contribution in [0.1, 0.15) is 17.9 Å². The lowest BCUT2D eigenvalue weighted by Gasteiger charge is -2.07. The molecule has 2 aromatic carbocycles. The fraction of sp³-hybridized carbons (Fsp3) is 0.158. The van der Waals surface area contributed by atoms with Crippen LogP contribution in [0.4, 0.5) is 10.1 Å². The van der Waals surface area contributed by atoms with Crippen LogP contribution in [-0.4, -0.2) is 15.7 Å². The first-order valence-electron chi connectivity index (χ1n) is 7.87. The van der Waals surface area contributed by atoms with E-state index in [1.165, 1.54) is 12.1 Å². The summed E-state index contributed by atoms with van der Waals surface area (Å²) in [5.74, 6) is -0.0935. The van der Waals surface area contributed by atoms with Crippen LogP contribution in [0.15, 0.2) is 67.0 Å². The molecule has 1 fully saturated rings. The molecule has 1 heterocycles. The Kier molecular flexibility index (Phi) is 3.61. The number of amides is 1. The molecule has 2 unspecified atom stereocenters. The third-order valence-corrected chi connectivity index (χ3v) is 4.33. The van der Waals surface area contributed by atoms with Crippen molar-refractivity contribution in [2.75, 3.05) is 5.32 Å². The number of hydrogen-bond acceptors (Lipinski definition) is 2. The van der Waals surface area contributed by atoms with Crippen LogP contribution in [0.2, 0.25) is 0 Å². The van der Waals surface area contributed by atoms with Gasteiger partial charge >= 0.3 is 0 Å². The van der Waals surface area contributed by atoms with Crippen LogP contribution in [0.3, 0.4) is 0 Å². The topological polar surface area (TPSA) is 46.9 Å². The number of rotatable bonds is 4. The minimum absolute atomic E-state index is 0.0103. The van der Waals surface area contributed by atoms with Crippen LogP contribution in [0, 0.1) is 11.7 Å². The van der Waals surface area contributed by atoms with Gasteiger partial charge in [-0.3, -0.25) is 4.79 Å². The molecule has 5 heteroatoms. The van der Waals surface area contributed by atoms with Gasteiger partial charge in [0.25, 0.3) is 0 Å². The van der Waals surface area contributed by atoms with E-state index in [2.05, 4.69) is 10.4 Å². The van der Waals surface area contributed by atoms with Crippen molar-refractivity contribution in [3.8, 4) is 5.69 Å². The average molecular weight is 321 g/mol. The highest BCUT2D eigenvalue weighted by Crippen LogP contribution is 2.47. The van der Waals surface area contributed by atoms with E-state index in [0.29, 0.717) is 0 Å². The normalized spacial score (nSPS) is 19.0. The third-order valence-electron chi connectivity index (χ3n) is 4.33. The number of nitrogens with one attached hydrogen (secondary N) is 1. The number of halogens is 1. The van der Waals surface area contributed by atoms with Crippen molar-refractivity contribution >= 4 is 11.6 Å². The summed E-state index contributed by atoms with van der Waals surface area (Å²) >= 11 is 0. The number of anilines is 1. The quantitative estimate of drug-likeness (QED) is 0.795. The number of carbonyl (C=O) groups excluding carboxylic acids is 1. The first-order chi connectivity index (χ1) is 11.7. The van der Waals surface area contributed by atoms with Crippen molar-refractivity contribution < 1.29 is 9.18 Å². The summed E-state index contributed by atoms with van der Waals surface area (Å²) in [5.41, 5.74) is 2.72. The fourth-order valence-corrected chi connectivity index (χ4v) is 2.92. The maximum absolute atomic E-state index is 13.0. The second-order valence-corrected chi connectivity index (χ2v) is 5.99. The van der Waals surface area contributed by atoms with Crippen molar-refractivity contribution in [1.82, 2.24) is 9.78 Å². The lowest BCUT2D eigenvalue weighted by Crippen LogP contribution is -2.14. The minimum atomic E-state index is -0.252. The van der Waals surface area contributed by atoms with Gasteiger partial charge in [-0.1, -0.05) is 12.1 Å². The fourth-order valence-electron chi connectivity index (χ4n) is 2.92. The summed E-state index contributed by atoms with van der Waals surface area (Å²) < 4.78 is 14.7. The molecule has 3 aromatic rings. The molecule has 1 N–H and O–H groups in total. The highest BCUT2D eigenvalue weighted by atomic mass is 19.1. The Labute approximate surface area is 138 Å². The van der Waals surface area contributed by atoms with Gasteiger partial charge in [-0.05, 0) is 60.4 Å². The third kappa shape index (κ3) is 2.93. The number of aromatic nitrogens is 2. The summed E-state index contributed by atoms with van der Waals surface area (Å²) in [6.45, 7) is 0. The summed E-state index contributed by atoms with van der Waals surface area (Å²) in [4.78, 5) is 12.3. The lowest BCUT2D eigenvalue weighted by molar-refractivity contribution is -0.117. The van der Waals surface area contributed by atoms with Crippen LogP contribution >= 0.6 is 0 Å². The van der Waals surface area contributed by atoms with Crippen LogP contribution in [0.5, 0.6) is 0 Å². The highest BCUT2D eigenvalue weighted by Gasteiger charge is 2.43. The zero-order chi connectivity index (χ0) is 16.5. The molecule has 4 nitrogen and oxygen atoms in total. The van der Waals surface area contributed by atoms with Gasteiger partial charge in [0.1, 0.15) is 5.82 Å². The molecule has 4 rings (SSSR count). The monoisotopic (exact) mass is 321 g/mol. The molecule has 24 heavy (non-hydrogen) atoms. The molecule has 0 saturated heterocycles. The molecule has 0 spiro atoms. The Balaban J connectivity index is 1.39. The molecule has 1 aliphatic carbocycles. The molecule has 1 saturated carbocycles. The van der Waals surface area contributed by atoms with Gasteiger partial charge in [-0.2, -0.15) is 5.10 Å². The van der Waals surface area contributed by atoms with Crippen molar-refractivity contribution in [3.05, 3.63) is 78.4 Å². The minimum Gasteiger partial charge on any atom is -0.326 e. The Morgan fingerprint density at radius 2 is 1.88 bits per heavy atom. The van der Waals surface area contributed by atoms with Crippen molar-refractivity contribution in [3.63, 3.8) is 0 Å². The Hall–Kier alpha value is -2.95. The molecule has 1 aromatic heterocycles. The molecule has 120 valence electrons. The highest BCUT2D eigenvalue weighted by molar-refractivity contribution is 5.95. The molecule has 0 bridgehead atoms. The zero-order valence-corrected chi connectivity index (χ0v) is 12.9. The van der Waals surface area contributed by atoms with E-state index >= 15 is 0 Å². The zero-order valence-electron chi connectivity index (χ0n) is 12.9. The molecular formula is C19H16FN3O. The van der Waals surface area contributed by atoms with E-state index in [1.54, 1.807) is 23.0 Å².